The van der Waals surface area contributed by atoms with Gasteiger partial charge in [-0.25, -0.2) is 0 Å². The predicted molar refractivity (Wildman–Crippen MR) is 95.6 cm³/mol. The van der Waals surface area contributed by atoms with E-state index in [9.17, 15) is 4.79 Å². The van der Waals surface area contributed by atoms with Crippen LogP contribution >= 0.6 is 11.3 Å². The Labute approximate surface area is 154 Å². The number of piperidine rings is 1. The summed E-state index contributed by atoms with van der Waals surface area (Å²) in [7, 11) is 0. The van der Waals surface area contributed by atoms with E-state index in [1.54, 1.807) is 12.4 Å². The van der Waals surface area contributed by atoms with E-state index in [1.807, 2.05) is 33.9 Å². The molecule has 0 aromatic carbocycles. The number of ether oxygens (including phenoxy) is 1. The minimum atomic E-state index is -0.0192. The Morgan fingerprint density at radius 3 is 3.04 bits per heavy atom. The number of likely N-dealkylation sites (tertiary alicyclic amines) is 1. The van der Waals surface area contributed by atoms with Gasteiger partial charge in [-0.05, 0) is 36.4 Å². The molecule has 1 aliphatic rings. The van der Waals surface area contributed by atoms with Crippen molar-refractivity contribution in [1.82, 2.24) is 20.0 Å². The minimum absolute atomic E-state index is 0.0192. The number of aromatic nitrogens is 3. The molecule has 0 spiro atoms. The van der Waals surface area contributed by atoms with Gasteiger partial charge in [-0.15, -0.1) is 0 Å². The van der Waals surface area contributed by atoms with Crippen LogP contribution in [0.15, 0.2) is 45.9 Å². The number of carbonyl (C=O) groups excluding carboxylic acids is 1. The van der Waals surface area contributed by atoms with Crippen molar-refractivity contribution >= 4 is 17.2 Å². The highest BCUT2D eigenvalue weighted by Crippen LogP contribution is 2.19. The lowest BCUT2D eigenvalue weighted by Gasteiger charge is -2.32. The van der Waals surface area contributed by atoms with Gasteiger partial charge in [0.25, 0.3) is 11.8 Å². The molecule has 0 N–H and O–H groups in total. The zero-order valence-corrected chi connectivity index (χ0v) is 14.9. The number of hydrogen-bond acceptors (Lipinski definition) is 7. The zero-order chi connectivity index (χ0) is 17.8. The van der Waals surface area contributed by atoms with Crippen LogP contribution in [0.5, 0.6) is 0 Å². The summed E-state index contributed by atoms with van der Waals surface area (Å²) < 4.78 is 11.2. The van der Waals surface area contributed by atoms with Crippen LogP contribution in [0.2, 0.25) is 0 Å². The molecular weight excluding hydrogens is 352 g/mol. The maximum Gasteiger partial charge on any atom is 0.258 e. The molecule has 134 valence electrons. The van der Waals surface area contributed by atoms with Crippen molar-refractivity contribution in [3.63, 3.8) is 0 Å². The molecule has 3 aromatic rings. The van der Waals surface area contributed by atoms with Crippen LogP contribution in [0, 0.1) is 0 Å². The zero-order valence-electron chi connectivity index (χ0n) is 14.1. The molecule has 8 heteroatoms. The Balaban J connectivity index is 1.33. The van der Waals surface area contributed by atoms with Crippen molar-refractivity contribution in [2.45, 2.75) is 25.6 Å². The SMILES string of the molecule is O=C(c1ccsc1)N1CCCC(OCc2noc(-c3ccncc3)n2)C1. The quantitative estimate of drug-likeness (QED) is 0.687. The van der Waals surface area contributed by atoms with Crippen LogP contribution in [0.1, 0.15) is 29.0 Å². The monoisotopic (exact) mass is 370 g/mol. The third kappa shape index (κ3) is 3.81. The Hall–Kier alpha value is -2.58. The molecule has 0 radical (unpaired) electrons. The van der Waals surface area contributed by atoms with E-state index >= 15 is 0 Å². The molecule has 1 atom stereocenters. The first-order valence-corrected chi connectivity index (χ1v) is 9.40. The molecule has 4 heterocycles. The van der Waals surface area contributed by atoms with Crippen molar-refractivity contribution < 1.29 is 14.1 Å². The van der Waals surface area contributed by atoms with Gasteiger partial charge < -0.3 is 14.2 Å². The third-order valence-corrected chi connectivity index (χ3v) is 4.96. The number of rotatable bonds is 5. The second-order valence-corrected chi connectivity index (χ2v) is 6.87. The Kier molecular flexibility index (Phi) is 5.03. The molecule has 1 fully saturated rings. The summed E-state index contributed by atoms with van der Waals surface area (Å²) in [6.45, 7) is 1.62. The van der Waals surface area contributed by atoms with Crippen molar-refractivity contribution in [2.24, 2.45) is 0 Å². The van der Waals surface area contributed by atoms with Crippen LogP contribution in [0.4, 0.5) is 0 Å². The first kappa shape index (κ1) is 16.9. The van der Waals surface area contributed by atoms with Gasteiger partial charge in [-0.1, -0.05) is 5.16 Å². The third-order valence-electron chi connectivity index (χ3n) is 4.28. The highest BCUT2D eigenvalue weighted by Gasteiger charge is 2.25. The van der Waals surface area contributed by atoms with Gasteiger partial charge in [-0.2, -0.15) is 16.3 Å². The van der Waals surface area contributed by atoms with Crippen molar-refractivity contribution in [1.29, 1.82) is 0 Å². The fourth-order valence-electron chi connectivity index (χ4n) is 2.94. The van der Waals surface area contributed by atoms with E-state index in [4.69, 9.17) is 9.26 Å². The molecule has 1 aliphatic heterocycles. The van der Waals surface area contributed by atoms with Gasteiger partial charge in [0, 0.05) is 36.4 Å². The smallest absolute Gasteiger partial charge is 0.258 e. The average molecular weight is 370 g/mol. The van der Waals surface area contributed by atoms with Crippen molar-refractivity contribution in [3.8, 4) is 11.5 Å². The second-order valence-electron chi connectivity index (χ2n) is 6.09. The van der Waals surface area contributed by atoms with E-state index in [-0.39, 0.29) is 18.6 Å². The van der Waals surface area contributed by atoms with Crippen molar-refractivity contribution in [3.05, 3.63) is 52.7 Å². The van der Waals surface area contributed by atoms with Crippen LogP contribution in [-0.4, -0.2) is 45.1 Å². The van der Waals surface area contributed by atoms with Gasteiger partial charge in [0.1, 0.15) is 6.61 Å². The molecule has 7 nitrogen and oxygen atoms in total. The molecule has 26 heavy (non-hydrogen) atoms. The lowest BCUT2D eigenvalue weighted by atomic mass is 10.1. The predicted octanol–water partition coefficient (Wildman–Crippen LogP) is 3.01. The summed E-state index contributed by atoms with van der Waals surface area (Å²) in [5.41, 5.74) is 1.57. The van der Waals surface area contributed by atoms with Gasteiger partial charge >= 0.3 is 0 Å². The highest BCUT2D eigenvalue weighted by molar-refractivity contribution is 7.08. The van der Waals surface area contributed by atoms with Crippen LogP contribution in [0.25, 0.3) is 11.5 Å². The van der Waals surface area contributed by atoms with Gasteiger partial charge in [0.2, 0.25) is 0 Å². The number of thiophene rings is 1. The van der Waals surface area contributed by atoms with E-state index in [0.29, 0.717) is 18.3 Å². The molecule has 0 aliphatic carbocycles. The van der Waals surface area contributed by atoms with Crippen LogP contribution in [-0.2, 0) is 11.3 Å². The van der Waals surface area contributed by atoms with E-state index in [2.05, 4.69) is 15.1 Å². The maximum absolute atomic E-state index is 12.5. The first-order valence-electron chi connectivity index (χ1n) is 8.45. The Morgan fingerprint density at radius 2 is 2.23 bits per heavy atom. The van der Waals surface area contributed by atoms with E-state index in [1.165, 1.54) is 11.3 Å². The molecule has 3 aromatic heterocycles. The largest absolute Gasteiger partial charge is 0.368 e. The fraction of sp³-hybridized carbons (Fsp3) is 0.333. The van der Waals surface area contributed by atoms with E-state index < -0.39 is 0 Å². The Bertz CT molecular complexity index is 850. The summed E-state index contributed by atoms with van der Waals surface area (Å²) in [6, 6.07) is 5.48. The number of amides is 1. The van der Waals surface area contributed by atoms with Crippen LogP contribution < -0.4 is 0 Å². The van der Waals surface area contributed by atoms with Gasteiger partial charge in [-0.3, -0.25) is 9.78 Å². The van der Waals surface area contributed by atoms with Crippen LogP contribution in [0.3, 0.4) is 0 Å². The summed E-state index contributed by atoms with van der Waals surface area (Å²) in [4.78, 5) is 22.6. The van der Waals surface area contributed by atoms with Crippen molar-refractivity contribution in [2.75, 3.05) is 13.1 Å². The van der Waals surface area contributed by atoms with Gasteiger partial charge in [0.05, 0.1) is 11.7 Å². The molecule has 1 saturated heterocycles. The van der Waals surface area contributed by atoms with Gasteiger partial charge in [0.15, 0.2) is 5.82 Å². The normalized spacial score (nSPS) is 17.4. The standard InChI is InChI=1S/C18H18N4O3S/c23-18(14-5-9-26-12-14)22-8-1-2-15(10-22)24-11-16-20-17(25-21-16)13-3-6-19-7-4-13/h3-7,9,12,15H,1-2,8,10-11H2. The topological polar surface area (TPSA) is 81.4 Å². The first-order chi connectivity index (χ1) is 12.8. The number of hydrogen-bond donors (Lipinski definition) is 0. The lowest BCUT2D eigenvalue weighted by molar-refractivity contribution is -0.00959. The van der Waals surface area contributed by atoms with E-state index in [0.717, 1.165) is 30.5 Å². The lowest BCUT2D eigenvalue weighted by Crippen LogP contribution is -2.43. The molecule has 0 saturated carbocycles. The maximum atomic E-state index is 12.5. The minimum Gasteiger partial charge on any atom is -0.368 e. The fourth-order valence-corrected chi connectivity index (χ4v) is 3.57. The summed E-state index contributed by atoms with van der Waals surface area (Å²) in [5.74, 6) is 1.01. The molecule has 0 bridgehead atoms. The summed E-state index contributed by atoms with van der Waals surface area (Å²) >= 11 is 1.53. The Morgan fingerprint density at radius 1 is 1.35 bits per heavy atom. The number of pyridine rings is 1. The molecular formula is C18H18N4O3S. The number of carbonyl (C=O) groups is 1. The average Bonchev–Trinajstić information content (AvgIpc) is 3.39. The summed E-state index contributed by atoms with van der Waals surface area (Å²) in [5, 5.41) is 7.76. The molecule has 1 unspecified atom stereocenters. The summed E-state index contributed by atoms with van der Waals surface area (Å²) in [6.07, 6.45) is 5.18. The molecule has 4 rings (SSSR count). The highest BCUT2D eigenvalue weighted by atomic mass is 32.1. The molecule has 1 amide bonds. The number of nitrogens with zero attached hydrogens (tertiary/aromatic N) is 4. The second kappa shape index (κ2) is 7.76.